The monoisotopic (exact) mass is 249 g/mol. The van der Waals surface area contributed by atoms with Crippen molar-refractivity contribution in [3.05, 3.63) is 18.2 Å². The number of hydrogen-bond donors (Lipinski definition) is 1. The Morgan fingerprint density at radius 2 is 2.44 bits per heavy atom. The molecule has 3 heterocycles. The predicted octanol–water partition coefficient (Wildman–Crippen LogP) is 1.78. The maximum atomic E-state index is 5.78. The van der Waals surface area contributed by atoms with Crippen molar-refractivity contribution < 1.29 is 4.74 Å². The molecule has 2 saturated heterocycles. The van der Waals surface area contributed by atoms with Crippen molar-refractivity contribution in [2.75, 3.05) is 19.7 Å². The van der Waals surface area contributed by atoms with Gasteiger partial charge in [-0.2, -0.15) is 0 Å². The molecular weight excluding hydrogens is 226 g/mol. The maximum Gasteiger partial charge on any atom is 0.0948 e. The summed E-state index contributed by atoms with van der Waals surface area (Å²) in [5, 5.41) is 3.44. The number of ether oxygens (including phenoxy) is 1. The number of aromatic nitrogens is 2. The lowest BCUT2D eigenvalue weighted by atomic mass is 9.98. The third-order valence-electron chi connectivity index (χ3n) is 4.40. The Morgan fingerprint density at radius 3 is 3.22 bits per heavy atom. The third kappa shape index (κ3) is 2.31. The fraction of sp³-hybridized carbons (Fsp3) is 0.786. The van der Waals surface area contributed by atoms with Gasteiger partial charge in [0.25, 0.3) is 0 Å². The highest BCUT2D eigenvalue weighted by Crippen LogP contribution is 2.28. The second kappa shape index (κ2) is 5.41. The lowest BCUT2D eigenvalue weighted by Crippen LogP contribution is -2.22. The molecule has 4 heteroatoms. The molecule has 0 aromatic carbocycles. The van der Waals surface area contributed by atoms with Crippen LogP contribution in [0.2, 0.25) is 0 Å². The molecule has 0 saturated carbocycles. The first-order valence-corrected chi connectivity index (χ1v) is 7.20. The highest BCUT2D eigenvalue weighted by Gasteiger charge is 2.28. The van der Waals surface area contributed by atoms with Gasteiger partial charge >= 0.3 is 0 Å². The molecule has 18 heavy (non-hydrogen) atoms. The Bertz CT molecular complexity index is 384. The van der Waals surface area contributed by atoms with E-state index in [-0.39, 0.29) is 0 Å². The Kier molecular flexibility index (Phi) is 3.66. The SMILES string of the molecule is CCC1OCCC1Cn1cncc1C1CCNC1. The first-order valence-electron chi connectivity index (χ1n) is 7.20. The van der Waals surface area contributed by atoms with Crippen LogP contribution < -0.4 is 5.32 Å². The van der Waals surface area contributed by atoms with Gasteiger partial charge in [-0.15, -0.1) is 0 Å². The summed E-state index contributed by atoms with van der Waals surface area (Å²) in [7, 11) is 0. The number of nitrogens with one attached hydrogen (secondary N) is 1. The summed E-state index contributed by atoms with van der Waals surface area (Å²) in [4.78, 5) is 4.35. The number of nitrogens with zero attached hydrogens (tertiary/aromatic N) is 2. The summed E-state index contributed by atoms with van der Waals surface area (Å²) < 4.78 is 8.14. The molecule has 1 N–H and O–H groups in total. The predicted molar refractivity (Wildman–Crippen MR) is 70.6 cm³/mol. The minimum atomic E-state index is 0.446. The zero-order valence-corrected chi connectivity index (χ0v) is 11.1. The molecule has 1 aromatic heterocycles. The second-order valence-corrected chi connectivity index (χ2v) is 5.53. The van der Waals surface area contributed by atoms with Gasteiger partial charge in [0.05, 0.1) is 12.4 Å². The molecule has 3 atom stereocenters. The molecule has 0 spiro atoms. The van der Waals surface area contributed by atoms with E-state index >= 15 is 0 Å². The average molecular weight is 249 g/mol. The smallest absolute Gasteiger partial charge is 0.0948 e. The first-order chi connectivity index (χ1) is 8.88. The van der Waals surface area contributed by atoms with Crippen molar-refractivity contribution >= 4 is 0 Å². The maximum absolute atomic E-state index is 5.78. The molecular formula is C14H23N3O. The van der Waals surface area contributed by atoms with Gasteiger partial charge in [-0.1, -0.05) is 6.92 Å². The van der Waals surface area contributed by atoms with Crippen LogP contribution in [0.25, 0.3) is 0 Å². The van der Waals surface area contributed by atoms with Crippen LogP contribution in [0.3, 0.4) is 0 Å². The molecule has 3 rings (SSSR count). The molecule has 0 aliphatic carbocycles. The molecule has 0 radical (unpaired) electrons. The van der Waals surface area contributed by atoms with Crippen LogP contribution in [-0.4, -0.2) is 35.4 Å². The zero-order chi connectivity index (χ0) is 12.4. The van der Waals surface area contributed by atoms with Gasteiger partial charge in [-0.05, 0) is 25.8 Å². The van der Waals surface area contributed by atoms with Gasteiger partial charge in [0.2, 0.25) is 0 Å². The summed E-state index contributed by atoms with van der Waals surface area (Å²) in [5.41, 5.74) is 1.40. The summed E-state index contributed by atoms with van der Waals surface area (Å²) in [6.45, 7) is 6.46. The number of hydrogen-bond acceptors (Lipinski definition) is 3. The Balaban J connectivity index is 1.70. The molecule has 1 aromatic rings. The van der Waals surface area contributed by atoms with Crippen LogP contribution in [0.5, 0.6) is 0 Å². The Morgan fingerprint density at radius 1 is 1.50 bits per heavy atom. The molecule has 2 fully saturated rings. The van der Waals surface area contributed by atoms with E-state index in [1.807, 2.05) is 6.33 Å². The third-order valence-corrected chi connectivity index (χ3v) is 4.40. The normalized spacial score (nSPS) is 32.2. The van der Waals surface area contributed by atoms with Gasteiger partial charge < -0.3 is 14.6 Å². The van der Waals surface area contributed by atoms with E-state index in [2.05, 4.69) is 28.0 Å². The standard InChI is InChI=1S/C14H23N3O/c1-2-14-12(4-6-18-14)9-17-10-16-8-13(17)11-3-5-15-7-11/h8,10-12,14-15H,2-7,9H2,1H3. The highest BCUT2D eigenvalue weighted by atomic mass is 16.5. The quantitative estimate of drug-likeness (QED) is 0.884. The Labute approximate surface area is 109 Å². The van der Waals surface area contributed by atoms with Crippen molar-refractivity contribution in [3.63, 3.8) is 0 Å². The van der Waals surface area contributed by atoms with E-state index < -0.39 is 0 Å². The van der Waals surface area contributed by atoms with Gasteiger partial charge in [0.15, 0.2) is 0 Å². The van der Waals surface area contributed by atoms with Gasteiger partial charge in [-0.3, -0.25) is 0 Å². The second-order valence-electron chi connectivity index (χ2n) is 5.53. The topological polar surface area (TPSA) is 39.1 Å². The lowest BCUT2D eigenvalue weighted by molar-refractivity contribution is 0.0832. The summed E-state index contributed by atoms with van der Waals surface area (Å²) in [5.74, 6) is 1.31. The van der Waals surface area contributed by atoms with E-state index in [0.29, 0.717) is 17.9 Å². The zero-order valence-electron chi connectivity index (χ0n) is 11.1. The molecule has 2 aliphatic heterocycles. The minimum Gasteiger partial charge on any atom is -0.378 e. The van der Waals surface area contributed by atoms with Crippen LogP contribution >= 0.6 is 0 Å². The van der Waals surface area contributed by atoms with E-state index in [9.17, 15) is 0 Å². The van der Waals surface area contributed by atoms with Gasteiger partial charge in [0, 0.05) is 43.4 Å². The van der Waals surface area contributed by atoms with E-state index in [4.69, 9.17) is 4.74 Å². The van der Waals surface area contributed by atoms with E-state index in [1.165, 1.54) is 18.5 Å². The molecule has 4 nitrogen and oxygen atoms in total. The summed E-state index contributed by atoms with van der Waals surface area (Å²) in [6.07, 6.45) is 8.05. The fourth-order valence-corrected chi connectivity index (χ4v) is 3.34. The van der Waals surface area contributed by atoms with Gasteiger partial charge in [-0.25, -0.2) is 4.98 Å². The molecule has 0 bridgehead atoms. The summed E-state index contributed by atoms with van der Waals surface area (Å²) in [6, 6.07) is 0. The molecule has 3 unspecified atom stereocenters. The van der Waals surface area contributed by atoms with Crippen LogP contribution in [0, 0.1) is 5.92 Å². The molecule has 0 amide bonds. The van der Waals surface area contributed by atoms with Crippen LogP contribution in [0.1, 0.15) is 37.8 Å². The largest absolute Gasteiger partial charge is 0.378 e. The molecule has 2 aliphatic rings. The van der Waals surface area contributed by atoms with Crippen molar-refractivity contribution in [2.24, 2.45) is 5.92 Å². The van der Waals surface area contributed by atoms with Crippen molar-refractivity contribution in [1.82, 2.24) is 14.9 Å². The lowest BCUT2D eigenvalue weighted by Gasteiger charge is -2.20. The molecule has 100 valence electrons. The average Bonchev–Trinajstić information content (AvgIpc) is 3.09. The van der Waals surface area contributed by atoms with Crippen LogP contribution in [0.4, 0.5) is 0 Å². The van der Waals surface area contributed by atoms with Crippen molar-refractivity contribution in [3.8, 4) is 0 Å². The summed E-state index contributed by atoms with van der Waals surface area (Å²) >= 11 is 0. The van der Waals surface area contributed by atoms with Crippen molar-refractivity contribution in [2.45, 2.75) is 44.8 Å². The number of imidazole rings is 1. The van der Waals surface area contributed by atoms with Gasteiger partial charge in [0.1, 0.15) is 0 Å². The number of rotatable bonds is 4. The Hall–Kier alpha value is -0.870. The highest BCUT2D eigenvalue weighted by molar-refractivity contribution is 5.09. The van der Waals surface area contributed by atoms with Crippen LogP contribution in [-0.2, 0) is 11.3 Å². The van der Waals surface area contributed by atoms with Crippen LogP contribution in [0.15, 0.2) is 12.5 Å². The minimum absolute atomic E-state index is 0.446. The van der Waals surface area contributed by atoms with Crippen molar-refractivity contribution in [1.29, 1.82) is 0 Å². The van der Waals surface area contributed by atoms with E-state index in [1.54, 1.807) is 0 Å². The first kappa shape index (κ1) is 12.2. The fourth-order valence-electron chi connectivity index (χ4n) is 3.34. The van der Waals surface area contributed by atoms with E-state index in [0.717, 1.165) is 32.7 Å².